The van der Waals surface area contributed by atoms with Crippen LogP contribution in [0.4, 0.5) is 5.69 Å². The van der Waals surface area contributed by atoms with Crippen LogP contribution in [0.25, 0.3) is 22.8 Å². The zero-order valence-electron chi connectivity index (χ0n) is 10.8. The molecule has 5 heteroatoms. The van der Waals surface area contributed by atoms with E-state index in [9.17, 15) is 0 Å². The van der Waals surface area contributed by atoms with Crippen LogP contribution in [-0.4, -0.2) is 10.1 Å². The first-order valence-electron chi connectivity index (χ1n) is 6.09. The highest BCUT2D eigenvalue weighted by Gasteiger charge is 2.11. The van der Waals surface area contributed by atoms with Crippen LogP contribution in [0, 0.1) is 6.92 Å². The van der Waals surface area contributed by atoms with Crippen LogP contribution >= 0.6 is 11.6 Å². The van der Waals surface area contributed by atoms with E-state index in [0.29, 0.717) is 28.0 Å². The van der Waals surface area contributed by atoms with E-state index in [0.717, 1.165) is 11.1 Å². The van der Waals surface area contributed by atoms with Crippen LogP contribution in [0.1, 0.15) is 5.56 Å². The summed E-state index contributed by atoms with van der Waals surface area (Å²) >= 11 is 5.97. The van der Waals surface area contributed by atoms with Gasteiger partial charge in [-0.25, -0.2) is 0 Å². The summed E-state index contributed by atoms with van der Waals surface area (Å²) in [7, 11) is 0. The van der Waals surface area contributed by atoms with Gasteiger partial charge in [0.2, 0.25) is 5.82 Å². The molecule has 2 N–H and O–H groups in total. The lowest BCUT2D eigenvalue weighted by Crippen LogP contribution is -1.86. The number of nitrogens with two attached hydrogens (primary N) is 1. The first-order valence-corrected chi connectivity index (χ1v) is 6.47. The number of hydrogen-bond acceptors (Lipinski definition) is 4. The van der Waals surface area contributed by atoms with Crippen LogP contribution in [0.5, 0.6) is 0 Å². The fraction of sp³-hybridized carbons (Fsp3) is 0.0667. The molecule has 0 bridgehead atoms. The first-order chi connectivity index (χ1) is 9.61. The average molecular weight is 286 g/mol. The number of halogens is 1. The highest BCUT2D eigenvalue weighted by Crippen LogP contribution is 2.27. The first kappa shape index (κ1) is 12.7. The molecular weight excluding hydrogens is 274 g/mol. The minimum Gasteiger partial charge on any atom is -0.399 e. The molecule has 0 saturated carbocycles. The number of hydrogen-bond donors (Lipinski definition) is 1. The Morgan fingerprint density at radius 1 is 1.10 bits per heavy atom. The Morgan fingerprint density at radius 3 is 2.70 bits per heavy atom. The van der Waals surface area contributed by atoms with Gasteiger partial charge in [-0.3, -0.25) is 0 Å². The summed E-state index contributed by atoms with van der Waals surface area (Å²) in [5, 5.41) is 4.53. The molecule has 0 aliphatic heterocycles. The van der Waals surface area contributed by atoms with Crippen LogP contribution < -0.4 is 5.73 Å². The van der Waals surface area contributed by atoms with Crippen LogP contribution in [-0.2, 0) is 0 Å². The number of nitrogen functional groups attached to an aromatic ring is 1. The van der Waals surface area contributed by atoms with E-state index in [-0.39, 0.29) is 0 Å². The molecule has 100 valence electrons. The predicted octanol–water partition coefficient (Wildman–Crippen LogP) is 3.95. The lowest BCUT2D eigenvalue weighted by Gasteiger charge is -1.98. The van der Waals surface area contributed by atoms with Gasteiger partial charge in [-0.2, -0.15) is 4.98 Å². The minimum absolute atomic E-state index is 0.399. The fourth-order valence-corrected chi connectivity index (χ4v) is 2.22. The molecule has 1 heterocycles. The molecule has 0 aliphatic rings. The van der Waals surface area contributed by atoms with E-state index in [1.165, 1.54) is 0 Å². The third-order valence-corrected chi connectivity index (χ3v) is 3.09. The highest BCUT2D eigenvalue weighted by molar-refractivity contribution is 6.31. The molecule has 3 rings (SSSR count). The SMILES string of the molecule is Cc1cccc(-c2noc(-c3cc(N)cc(Cl)c3)n2)c1. The highest BCUT2D eigenvalue weighted by atomic mass is 35.5. The van der Waals surface area contributed by atoms with Crippen LogP contribution in [0.15, 0.2) is 47.0 Å². The standard InChI is InChI=1S/C15H12ClN3O/c1-9-3-2-4-10(5-9)14-18-15(20-19-14)11-6-12(16)8-13(17)7-11/h2-8H,17H2,1H3. The Hall–Kier alpha value is -2.33. The maximum Gasteiger partial charge on any atom is 0.258 e. The van der Waals surface area contributed by atoms with E-state index in [2.05, 4.69) is 10.1 Å². The van der Waals surface area contributed by atoms with Gasteiger partial charge >= 0.3 is 0 Å². The van der Waals surface area contributed by atoms with E-state index in [4.69, 9.17) is 21.9 Å². The van der Waals surface area contributed by atoms with E-state index >= 15 is 0 Å². The molecular formula is C15H12ClN3O. The number of nitrogens with zero attached hydrogens (tertiary/aromatic N) is 2. The fourth-order valence-electron chi connectivity index (χ4n) is 1.98. The quantitative estimate of drug-likeness (QED) is 0.724. The van der Waals surface area contributed by atoms with Gasteiger partial charge < -0.3 is 10.3 Å². The van der Waals surface area contributed by atoms with Crippen molar-refractivity contribution in [1.82, 2.24) is 10.1 Å². The smallest absolute Gasteiger partial charge is 0.258 e. The molecule has 2 aromatic carbocycles. The van der Waals surface area contributed by atoms with Gasteiger partial charge in [0, 0.05) is 21.8 Å². The van der Waals surface area contributed by atoms with Crippen molar-refractivity contribution in [2.75, 3.05) is 5.73 Å². The van der Waals surface area contributed by atoms with Crippen molar-refractivity contribution in [2.45, 2.75) is 6.92 Å². The van der Waals surface area contributed by atoms with E-state index < -0.39 is 0 Å². The molecule has 3 aromatic rings. The number of rotatable bonds is 2. The lowest BCUT2D eigenvalue weighted by atomic mass is 10.1. The van der Waals surface area contributed by atoms with Crippen LogP contribution in [0.2, 0.25) is 5.02 Å². The second-order valence-electron chi connectivity index (χ2n) is 4.57. The normalized spacial score (nSPS) is 10.7. The zero-order valence-corrected chi connectivity index (χ0v) is 11.6. The van der Waals surface area contributed by atoms with Gasteiger partial charge in [-0.15, -0.1) is 0 Å². The average Bonchev–Trinajstić information content (AvgIpc) is 2.87. The van der Waals surface area contributed by atoms with Crippen molar-refractivity contribution in [3.8, 4) is 22.8 Å². The Balaban J connectivity index is 2.02. The Bertz CT molecular complexity index is 747. The predicted molar refractivity (Wildman–Crippen MR) is 79.3 cm³/mol. The molecule has 0 unspecified atom stereocenters. The monoisotopic (exact) mass is 285 g/mol. The molecule has 0 radical (unpaired) electrons. The third kappa shape index (κ3) is 2.51. The summed E-state index contributed by atoms with van der Waals surface area (Å²) in [5.41, 5.74) is 9.08. The Morgan fingerprint density at radius 2 is 1.95 bits per heavy atom. The molecule has 1 aromatic heterocycles. The molecule has 0 fully saturated rings. The summed E-state index contributed by atoms with van der Waals surface area (Å²) in [4.78, 5) is 4.38. The maximum atomic E-state index is 5.97. The number of benzene rings is 2. The number of aryl methyl sites for hydroxylation is 1. The van der Waals surface area contributed by atoms with Gasteiger partial charge in [0.25, 0.3) is 5.89 Å². The van der Waals surface area contributed by atoms with E-state index in [1.54, 1.807) is 18.2 Å². The van der Waals surface area contributed by atoms with Gasteiger partial charge in [0.15, 0.2) is 0 Å². The minimum atomic E-state index is 0.399. The molecule has 0 aliphatic carbocycles. The van der Waals surface area contributed by atoms with Gasteiger partial charge in [-0.1, -0.05) is 40.5 Å². The Kier molecular flexibility index (Phi) is 3.16. The topological polar surface area (TPSA) is 64.9 Å². The van der Waals surface area contributed by atoms with Crippen molar-refractivity contribution in [1.29, 1.82) is 0 Å². The lowest BCUT2D eigenvalue weighted by molar-refractivity contribution is 0.432. The van der Waals surface area contributed by atoms with Crippen molar-refractivity contribution < 1.29 is 4.52 Å². The molecule has 4 nitrogen and oxygen atoms in total. The largest absolute Gasteiger partial charge is 0.399 e. The maximum absolute atomic E-state index is 5.97. The molecule has 0 saturated heterocycles. The third-order valence-electron chi connectivity index (χ3n) is 2.87. The summed E-state index contributed by atoms with van der Waals surface area (Å²) in [6, 6.07) is 13.1. The summed E-state index contributed by atoms with van der Waals surface area (Å²) in [6.45, 7) is 2.02. The second kappa shape index (κ2) is 4.98. The van der Waals surface area contributed by atoms with Gasteiger partial charge in [0.05, 0.1) is 0 Å². The molecule has 0 spiro atoms. The Labute approximate surface area is 121 Å². The second-order valence-corrected chi connectivity index (χ2v) is 5.00. The zero-order chi connectivity index (χ0) is 14.1. The number of anilines is 1. The molecule has 20 heavy (non-hydrogen) atoms. The van der Waals surface area contributed by atoms with Crippen molar-refractivity contribution in [2.24, 2.45) is 0 Å². The molecule has 0 amide bonds. The van der Waals surface area contributed by atoms with E-state index in [1.807, 2.05) is 31.2 Å². The van der Waals surface area contributed by atoms with Gasteiger partial charge in [0.1, 0.15) is 0 Å². The number of aromatic nitrogens is 2. The van der Waals surface area contributed by atoms with Gasteiger partial charge in [-0.05, 0) is 31.2 Å². The summed E-state index contributed by atoms with van der Waals surface area (Å²) in [5.74, 6) is 0.943. The van der Waals surface area contributed by atoms with Crippen LogP contribution in [0.3, 0.4) is 0 Å². The van der Waals surface area contributed by atoms with Crippen molar-refractivity contribution in [3.05, 3.63) is 53.1 Å². The molecule has 0 atom stereocenters. The van der Waals surface area contributed by atoms with Crippen molar-refractivity contribution in [3.63, 3.8) is 0 Å². The summed E-state index contributed by atoms with van der Waals surface area (Å²) < 4.78 is 5.28. The van der Waals surface area contributed by atoms with Crippen molar-refractivity contribution >= 4 is 17.3 Å². The summed E-state index contributed by atoms with van der Waals surface area (Å²) in [6.07, 6.45) is 0.